The number of nitrogens with zero attached hydrogens (tertiary/aromatic N) is 3. The number of likely N-dealkylation sites (tertiary alicyclic amines) is 1. The average Bonchev–Trinajstić information content (AvgIpc) is 2.90. The van der Waals surface area contributed by atoms with E-state index in [1.807, 2.05) is 30.5 Å². The predicted octanol–water partition coefficient (Wildman–Crippen LogP) is 0.529. The molecular formula is C13H22N4O. The number of hydrogen-bond donors (Lipinski definition) is 1. The van der Waals surface area contributed by atoms with E-state index >= 15 is 0 Å². The molecular weight excluding hydrogens is 228 g/mol. The number of hydrogen-bond acceptors (Lipinski definition) is 3. The molecule has 1 aliphatic rings. The maximum Gasteiger partial charge on any atom is 0.227 e. The zero-order chi connectivity index (χ0) is 13.3. The topological polar surface area (TPSA) is 64.2 Å². The second-order valence-corrected chi connectivity index (χ2v) is 5.07. The molecule has 5 heteroatoms. The summed E-state index contributed by atoms with van der Waals surface area (Å²) < 4.78 is 1.84. The van der Waals surface area contributed by atoms with Gasteiger partial charge in [0.15, 0.2) is 0 Å². The van der Waals surface area contributed by atoms with Crippen LogP contribution >= 0.6 is 0 Å². The molecule has 0 radical (unpaired) electrons. The highest BCUT2D eigenvalue weighted by Crippen LogP contribution is 2.19. The molecule has 1 unspecified atom stereocenters. The Labute approximate surface area is 108 Å². The van der Waals surface area contributed by atoms with E-state index in [9.17, 15) is 4.79 Å². The zero-order valence-electron chi connectivity index (χ0n) is 11.4. The molecule has 1 aromatic heterocycles. The molecule has 0 saturated carbocycles. The highest BCUT2D eigenvalue weighted by atomic mass is 16.2. The number of rotatable bonds is 3. The Morgan fingerprint density at radius 3 is 2.78 bits per heavy atom. The smallest absolute Gasteiger partial charge is 0.227 e. The molecule has 18 heavy (non-hydrogen) atoms. The van der Waals surface area contributed by atoms with Crippen molar-refractivity contribution in [2.75, 3.05) is 13.1 Å². The fraction of sp³-hybridized carbons (Fsp3) is 0.692. The summed E-state index contributed by atoms with van der Waals surface area (Å²) in [6, 6.07) is 0.231. The number of aryl methyl sites for hydroxylation is 2. The summed E-state index contributed by atoms with van der Waals surface area (Å²) >= 11 is 0. The SMILES string of the molecule is Cc1nn(C)c(C)c1CC(=O)N1CCCC1CN. The van der Waals surface area contributed by atoms with Gasteiger partial charge in [-0.1, -0.05) is 0 Å². The lowest BCUT2D eigenvalue weighted by molar-refractivity contribution is -0.131. The maximum atomic E-state index is 12.3. The van der Waals surface area contributed by atoms with E-state index in [1.54, 1.807) is 0 Å². The first-order valence-electron chi connectivity index (χ1n) is 6.53. The van der Waals surface area contributed by atoms with Crippen molar-refractivity contribution in [3.05, 3.63) is 17.0 Å². The normalized spacial score (nSPS) is 19.6. The van der Waals surface area contributed by atoms with E-state index in [2.05, 4.69) is 5.10 Å². The van der Waals surface area contributed by atoms with Crippen LogP contribution in [0.1, 0.15) is 29.8 Å². The molecule has 0 bridgehead atoms. The fourth-order valence-electron chi connectivity index (χ4n) is 2.74. The van der Waals surface area contributed by atoms with Crippen LogP contribution in [0.15, 0.2) is 0 Å². The highest BCUT2D eigenvalue weighted by molar-refractivity contribution is 5.80. The molecule has 0 spiro atoms. The Balaban J connectivity index is 2.11. The van der Waals surface area contributed by atoms with Gasteiger partial charge in [0.25, 0.3) is 0 Å². The van der Waals surface area contributed by atoms with Crippen molar-refractivity contribution in [2.24, 2.45) is 12.8 Å². The predicted molar refractivity (Wildman–Crippen MR) is 70.2 cm³/mol. The minimum Gasteiger partial charge on any atom is -0.338 e. The largest absolute Gasteiger partial charge is 0.338 e. The van der Waals surface area contributed by atoms with Crippen LogP contribution in [0.2, 0.25) is 0 Å². The third-order valence-corrected chi connectivity index (χ3v) is 3.96. The quantitative estimate of drug-likeness (QED) is 0.851. The molecule has 1 saturated heterocycles. The monoisotopic (exact) mass is 250 g/mol. The van der Waals surface area contributed by atoms with Crippen LogP contribution < -0.4 is 5.73 Å². The summed E-state index contributed by atoms with van der Waals surface area (Å²) in [7, 11) is 1.91. The van der Waals surface area contributed by atoms with Gasteiger partial charge in [-0.05, 0) is 26.7 Å². The van der Waals surface area contributed by atoms with Gasteiger partial charge in [0.1, 0.15) is 0 Å². The van der Waals surface area contributed by atoms with E-state index in [-0.39, 0.29) is 11.9 Å². The Hall–Kier alpha value is -1.36. The third-order valence-electron chi connectivity index (χ3n) is 3.96. The molecule has 100 valence electrons. The number of nitrogens with two attached hydrogens (primary N) is 1. The van der Waals surface area contributed by atoms with E-state index in [1.165, 1.54) is 0 Å². The first-order valence-corrected chi connectivity index (χ1v) is 6.53. The minimum atomic E-state index is 0.183. The lowest BCUT2D eigenvalue weighted by atomic mass is 10.1. The summed E-state index contributed by atoms with van der Waals surface area (Å²) in [5.41, 5.74) is 8.79. The second-order valence-electron chi connectivity index (χ2n) is 5.07. The lowest BCUT2D eigenvalue weighted by Gasteiger charge is -2.23. The standard InChI is InChI=1S/C13H22N4O/c1-9-12(10(2)16(3)15-9)7-13(18)17-6-4-5-11(17)8-14/h11H,4-8,14H2,1-3H3. The van der Waals surface area contributed by atoms with Crippen LogP contribution in [-0.2, 0) is 18.3 Å². The van der Waals surface area contributed by atoms with Crippen molar-refractivity contribution in [3.63, 3.8) is 0 Å². The minimum absolute atomic E-state index is 0.183. The molecule has 0 aliphatic carbocycles. The average molecular weight is 250 g/mol. The molecule has 2 N–H and O–H groups in total. The van der Waals surface area contributed by atoms with Crippen LogP contribution in [-0.4, -0.2) is 39.7 Å². The van der Waals surface area contributed by atoms with Gasteiger partial charge in [-0.3, -0.25) is 9.48 Å². The van der Waals surface area contributed by atoms with E-state index in [4.69, 9.17) is 5.73 Å². The van der Waals surface area contributed by atoms with Crippen molar-refractivity contribution in [3.8, 4) is 0 Å². The Morgan fingerprint density at radius 1 is 1.50 bits per heavy atom. The molecule has 1 aliphatic heterocycles. The van der Waals surface area contributed by atoms with E-state index in [0.717, 1.165) is 36.3 Å². The highest BCUT2D eigenvalue weighted by Gasteiger charge is 2.28. The maximum absolute atomic E-state index is 12.3. The van der Waals surface area contributed by atoms with Crippen molar-refractivity contribution in [1.29, 1.82) is 0 Å². The van der Waals surface area contributed by atoms with Crippen LogP contribution in [0.4, 0.5) is 0 Å². The summed E-state index contributed by atoms with van der Waals surface area (Å²) in [5.74, 6) is 0.183. The van der Waals surface area contributed by atoms with Crippen molar-refractivity contribution < 1.29 is 4.79 Å². The first-order chi connectivity index (χ1) is 8.54. The van der Waals surface area contributed by atoms with Crippen LogP contribution in [0.5, 0.6) is 0 Å². The molecule has 0 aromatic carbocycles. The van der Waals surface area contributed by atoms with Gasteiger partial charge in [-0.2, -0.15) is 5.10 Å². The van der Waals surface area contributed by atoms with Gasteiger partial charge < -0.3 is 10.6 Å². The van der Waals surface area contributed by atoms with Gasteiger partial charge in [-0.25, -0.2) is 0 Å². The number of carbonyl (C=O) groups is 1. The van der Waals surface area contributed by atoms with Crippen molar-refractivity contribution in [1.82, 2.24) is 14.7 Å². The fourth-order valence-corrected chi connectivity index (χ4v) is 2.74. The molecule has 5 nitrogen and oxygen atoms in total. The molecule has 1 atom stereocenters. The summed E-state index contributed by atoms with van der Waals surface area (Å²) in [4.78, 5) is 14.3. The number of amides is 1. The van der Waals surface area contributed by atoms with Gasteiger partial charge in [-0.15, -0.1) is 0 Å². The second kappa shape index (κ2) is 5.10. The third kappa shape index (κ3) is 2.27. The summed E-state index contributed by atoms with van der Waals surface area (Å²) in [6.45, 7) is 5.38. The molecule has 2 rings (SSSR count). The van der Waals surface area contributed by atoms with Crippen molar-refractivity contribution >= 4 is 5.91 Å². The molecule has 1 aromatic rings. The molecule has 1 fully saturated rings. The zero-order valence-corrected chi connectivity index (χ0v) is 11.4. The van der Waals surface area contributed by atoms with E-state index < -0.39 is 0 Å². The number of aromatic nitrogens is 2. The van der Waals surface area contributed by atoms with Crippen molar-refractivity contribution in [2.45, 2.75) is 39.2 Å². The van der Waals surface area contributed by atoms with Gasteiger partial charge in [0, 0.05) is 37.4 Å². The van der Waals surface area contributed by atoms with Crippen LogP contribution in [0.3, 0.4) is 0 Å². The van der Waals surface area contributed by atoms with Gasteiger partial charge in [0.05, 0.1) is 12.1 Å². The van der Waals surface area contributed by atoms with Gasteiger partial charge >= 0.3 is 0 Å². The van der Waals surface area contributed by atoms with Crippen LogP contribution in [0, 0.1) is 13.8 Å². The molecule has 1 amide bonds. The van der Waals surface area contributed by atoms with E-state index in [0.29, 0.717) is 13.0 Å². The summed E-state index contributed by atoms with van der Waals surface area (Å²) in [5, 5.41) is 4.35. The molecule has 2 heterocycles. The Kier molecular flexibility index (Phi) is 3.71. The van der Waals surface area contributed by atoms with Crippen LogP contribution in [0.25, 0.3) is 0 Å². The lowest BCUT2D eigenvalue weighted by Crippen LogP contribution is -2.40. The van der Waals surface area contributed by atoms with Gasteiger partial charge in [0.2, 0.25) is 5.91 Å². The summed E-state index contributed by atoms with van der Waals surface area (Å²) in [6.07, 6.45) is 2.55. The number of carbonyl (C=O) groups excluding carboxylic acids is 1. The first kappa shape index (κ1) is 13.1. The Bertz CT molecular complexity index is 452. The Morgan fingerprint density at radius 2 is 2.22 bits per heavy atom.